The minimum absolute atomic E-state index is 0.0418. The van der Waals surface area contributed by atoms with E-state index >= 15 is 0 Å². The Morgan fingerprint density at radius 3 is 2.21 bits per heavy atom. The molecule has 1 heteroatoms. The van der Waals surface area contributed by atoms with Gasteiger partial charge < -0.3 is 5.11 Å². The third-order valence-corrected chi connectivity index (χ3v) is 4.93. The summed E-state index contributed by atoms with van der Waals surface area (Å²) in [6.07, 6.45) is 2.52. The number of hydrogen-bond donors (Lipinski definition) is 1. The first kappa shape index (κ1) is 7.47. The summed E-state index contributed by atoms with van der Waals surface area (Å²) in [5, 5.41) is 10.3. The minimum atomic E-state index is -0.0418. The van der Waals surface area contributed by atoms with E-state index in [1.54, 1.807) is 0 Å². The van der Waals surface area contributed by atoms with Crippen molar-refractivity contribution in [2.45, 2.75) is 24.4 Å². The van der Waals surface area contributed by atoms with Crippen LogP contribution >= 0.6 is 0 Å². The molecule has 0 amide bonds. The average Bonchev–Trinajstić information content (AvgIpc) is 2.59. The molecule has 1 N–H and O–H groups in total. The largest absolute Gasteiger partial charge is 0.392 e. The second kappa shape index (κ2) is 2.06. The lowest BCUT2D eigenvalue weighted by molar-refractivity contribution is 0.120. The third kappa shape index (κ3) is 0.568. The first-order chi connectivity index (χ1) is 6.85. The standard InChI is InChI=1S/C13H14O/c14-12-8-6-10-11(7-8)13(10,12)9-4-2-1-3-5-9/h1-5,8,10-12,14H,6-7H2. The molecule has 4 saturated carbocycles. The van der Waals surface area contributed by atoms with Gasteiger partial charge in [0.2, 0.25) is 0 Å². The normalized spacial score (nSPS) is 52.4. The summed E-state index contributed by atoms with van der Waals surface area (Å²) < 4.78 is 0. The van der Waals surface area contributed by atoms with Crippen molar-refractivity contribution in [2.75, 3.05) is 0 Å². The van der Waals surface area contributed by atoms with Gasteiger partial charge in [0.05, 0.1) is 6.10 Å². The summed E-state index contributed by atoms with van der Waals surface area (Å²) in [5.41, 5.74) is 1.59. The van der Waals surface area contributed by atoms with Crippen LogP contribution in [0.5, 0.6) is 0 Å². The number of hydrogen-bond acceptors (Lipinski definition) is 1. The van der Waals surface area contributed by atoms with Crippen molar-refractivity contribution >= 4 is 0 Å². The third-order valence-electron chi connectivity index (χ3n) is 4.93. The van der Waals surface area contributed by atoms with E-state index in [9.17, 15) is 5.11 Å². The second-order valence-electron chi connectivity index (χ2n) is 5.19. The van der Waals surface area contributed by atoms with Gasteiger partial charge in [-0.15, -0.1) is 0 Å². The molecule has 0 aromatic heterocycles. The van der Waals surface area contributed by atoms with Crippen molar-refractivity contribution < 1.29 is 5.11 Å². The zero-order chi connectivity index (χ0) is 9.34. The molecule has 4 bridgehead atoms. The Balaban J connectivity index is 1.88. The van der Waals surface area contributed by atoms with Gasteiger partial charge in [-0.1, -0.05) is 30.3 Å². The van der Waals surface area contributed by atoms with Gasteiger partial charge in [-0.2, -0.15) is 0 Å². The number of aliphatic hydroxyl groups excluding tert-OH is 1. The fourth-order valence-corrected chi connectivity index (χ4v) is 4.44. The van der Waals surface area contributed by atoms with Crippen LogP contribution in [0.25, 0.3) is 0 Å². The van der Waals surface area contributed by atoms with E-state index in [-0.39, 0.29) is 11.5 Å². The predicted octanol–water partition coefficient (Wildman–Crippen LogP) is 1.95. The first-order valence-corrected chi connectivity index (χ1v) is 5.58. The Bertz CT molecular complexity index is 371. The predicted molar refractivity (Wildman–Crippen MR) is 53.8 cm³/mol. The molecule has 0 aliphatic heterocycles. The molecule has 1 aromatic carbocycles. The smallest absolute Gasteiger partial charge is 0.0670 e. The molecule has 0 saturated heterocycles. The molecule has 72 valence electrons. The maximum Gasteiger partial charge on any atom is 0.0670 e. The van der Waals surface area contributed by atoms with E-state index < -0.39 is 0 Å². The van der Waals surface area contributed by atoms with Crippen molar-refractivity contribution in [3.05, 3.63) is 35.9 Å². The van der Waals surface area contributed by atoms with Gasteiger partial charge in [0.1, 0.15) is 0 Å². The van der Waals surface area contributed by atoms with E-state index in [2.05, 4.69) is 30.3 Å². The highest BCUT2D eigenvalue weighted by Crippen LogP contribution is 2.78. The van der Waals surface area contributed by atoms with Crippen molar-refractivity contribution in [1.82, 2.24) is 0 Å². The summed E-state index contributed by atoms with van der Waals surface area (Å²) in [6.45, 7) is 0. The molecule has 1 nitrogen and oxygen atoms in total. The molecule has 0 spiro atoms. The van der Waals surface area contributed by atoms with Crippen LogP contribution in [0.1, 0.15) is 18.4 Å². The summed E-state index contributed by atoms with van der Waals surface area (Å²) in [5.74, 6) is 2.24. The lowest BCUT2D eigenvalue weighted by Gasteiger charge is -2.18. The molecule has 4 aliphatic carbocycles. The van der Waals surface area contributed by atoms with Crippen LogP contribution in [-0.4, -0.2) is 11.2 Å². The number of aliphatic hydroxyl groups is 1. The van der Waals surface area contributed by atoms with Crippen LogP contribution < -0.4 is 0 Å². The maximum absolute atomic E-state index is 10.3. The lowest BCUT2D eigenvalue weighted by atomic mass is 9.91. The summed E-state index contributed by atoms with van der Waals surface area (Å²) >= 11 is 0. The molecule has 5 rings (SSSR count). The Kier molecular flexibility index (Phi) is 1.10. The fraction of sp³-hybridized carbons (Fsp3) is 0.538. The minimum Gasteiger partial charge on any atom is -0.392 e. The first-order valence-electron chi connectivity index (χ1n) is 5.58. The highest BCUT2D eigenvalue weighted by atomic mass is 16.3. The second-order valence-corrected chi connectivity index (χ2v) is 5.19. The van der Waals surface area contributed by atoms with Crippen LogP contribution in [0, 0.1) is 17.8 Å². The molecule has 0 heterocycles. The highest BCUT2D eigenvalue weighted by molar-refractivity contribution is 5.45. The van der Waals surface area contributed by atoms with Crippen molar-refractivity contribution in [2.24, 2.45) is 17.8 Å². The highest BCUT2D eigenvalue weighted by Gasteiger charge is 2.79. The summed E-state index contributed by atoms with van der Waals surface area (Å²) in [4.78, 5) is 0. The number of benzene rings is 1. The van der Waals surface area contributed by atoms with Crippen LogP contribution in [0.4, 0.5) is 0 Å². The molecule has 3 atom stereocenters. The Labute approximate surface area is 83.8 Å². The average molecular weight is 186 g/mol. The molecule has 4 fully saturated rings. The van der Waals surface area contributed by atoms with Crippen molar-refractivity contribution in [3.8, 4) is 0 Å². The monoisotopic (exact) mass is 186 g/mol. The molecular weight excluding hydrogens is 172 g/mol. The molecule has 14 heavy (non-hydrogen) atoms. The van der Waals surface area contributed by atoms with Crippen molar-refractivity contribution in [3.63, 3.8) is 0 Å². The van der Waals surface area contributed by atoms with Gasteiger partial charge in [-0.3, -0.25) is 0 Å². The van der Waals surface area contributed by atoms with Crippen LogP contribution in [0.3, 0.4) is 0 Å². The summed E-state index contributed by atoms with van der Waals surface area (Å²) in [7, 11) is 0. The van der Waals surface area contributed by atoms with E-state index in [0.29, 0.717) is 5.92 Å². The zero-order valence-corrected chi connectivity index (χ0v) is 8.06. The fourth-order valence-electron chi connectivity index (χ4n) is 4.44. The van der Waals surface area contributed by atoms with Gasteiger partial charge in [0.15, 0.2) is 0 Å². The van der Waals surface area contributed by atoms with Gasteiger partial charge in [0, 0.05) is 5.41 Å². The van der Waals surface area contributed by atoms with Gasteiger partial charge in [0.25, 0.3) is 0 Å². The summed E-state index contributed by atoms with van der Waals surface area (Å²) in [6, 6.07) is 10.7. The maximum atomic E-state index is 10.3. The lowest BCUT2D eigenvalue weighted by Crippen LogP contribution is -2.24. The van der Waals surface area contributed by atoms with Crippen LogP contribution in [0.15, 0.2) is 30.3 Å². The molecule has 4 aliphatic rings. The molecule has 0 radical (unpaired) electrons. The van der Waals surface area contributed by atoms with E-state index in [1.807, 2.05) is 0 Å². The Morgan fingerprint density at radius 1 is 1.07 bits per heavy atom. The SMILES string of the molecule is OC1C2CC3C(C2)C13c1ccccc1. The van der Waals surface area contributed by atoms with Gasteiger partial charge in [-0.25, -0.2) is 0 Å². The van der Waals surface area contributed by atoms with Crippen molar-refractivity contribution in [1.29, 1.82) is 0 Å². The van der Waals surface area contributed by atoms with E-state index in [0.717, 1.165) is 11.8 Å². The Morgan fingerprint density at radius 2 is 1.71 bits per heavy atom. The van der Waals surface area contributed by atoms with Gasteiger partial charge in [-0.05, 0) is 36.2 Å². The quantitative estimate of drug-likeness (QED) is 0.710. The van der Waals surface area contributed by atoms with Crippen LogP contribution in [0.2, 0.25) is 0 Å². The molecule has 3 unspecified atom stereocenters. The number of rotatable bonds is 1. The van der Waals surface area contributed by atoms with E-state index in [1.165, 1.54) is 18.4 Å². The van der Waals surface area contributed by atoms with Gasteiger partial charge >= 0.3 is 0 Å². The molecular formula is C13H14O. The topological polar surface area (TPSA) is 20.2 Å². The zero-order valence-electron chi connectivity index (χ0n) is 8.06. The van der Waals surface area contributed by atoms with E-state index in [4.69, 9.17) is 0 Å². The molecule has 1 aromatic rings. The Hall–Kier alpha value is -0.820. The van der Waals surface area contributed by atoms with Crippen LogP contribution in [-0.2, 0) is 5.41 Å².